The van der Waals surface area contributed by atoms with Gasteiger partial charge in [0.05, 0.1) is 6.61 Å². The van der Waals surface area contributed by atoms with E-state index < -0.39 is 12.4 Å². The Hall–Kier alpha value is 0.671. The predicted molar refractivity (Wildman–Crippen MR) is 45.9 cm³/mol. The second-order valence-electron chi connectivity index (χ2n) is 2.71. The van der Waals surface area contributed by atoms with Crippen LogP contribution in [0.1, 0.15) is 5.56 Å². The number of hydrogen-bond donors (Lipinski definition) is 0. The fraction of sp³-hybridized carbons (Fsp3) is 0.250. The van der Waals surface area contributed by atoms with E-state index in [-0.39, 0.29) is 63.6 Å². The molecular weight excluding hydrogens is 219 g/mol. The molecule has 72 valence electrons. The molecule has 0 fully saturated rings. The van der Waals surface area contributed by atoms with E-state index in [2.05, 4.69) is 4.74 Å². The van der Waals surface area contributed by atoms with Gasteiger partial charge in [-0.1, -0.05) is 24.3 Å². The van der Waals surface area contributed by atoms with Crippen LogP contribution in [0.25, 0.3) is 0 Å². The zero-order valence-corrected chi connectivity index (χ0v) is 11.3. The molecule has 0 aliphatic rings. The van der Waals surface area contributed by atoms with Gasteiger partial charge in [0.25, 0.3) is 0 Å². The van der Waals surface area contributed by atoms with Gasteiger partial charge in [-0.3, -0.25) is 0 Å². The van der Waals surface area contributed by atoms with E-state index in [0.29, 0.717) is 0 Å². The molecule has 0 spiro atoms. The Kier molecular flexibility index (Phi) is 6.60. The van der Waals surface area contributed by atoms with Crippen molar-refractivity contribution in [3.8, 4) is 0 Å². The molecule has 1 aromatic rings. The normalized spacial score (nSPS) is 10.9. The summed E-state index contributed by atoms with van der Waals surface area (Å²) in [5, 5.41) is 0. The maximum Gasteiger partial charge on any atom is 1.00 e. The first-order valence-electron chi connectivity index (χ1n) is 3.82. The third-order valence-corrected chi connectivity index (χ3v) is 1.71. The van der Waals surface area contributed by atoms with Crippen molar-refractivity contribution in [1.29, 1.82) is 0 Å². The van der Waals surface area contributed by atoms with Crippen molar-refractivity contribution in [3.63, 3.8) is 0 Å². The number of rotatable bonds is 3. The van der Waals surface area contributed by atoms with E-state index in [1.54, 1.807) is 6.07 Å². The van der Waals surface area contributed by atoms with Gasteiger partial charge in [-0.05, 0) is 5.56 Å². The first-order chi connectivity index (χ1) is 6.05. The van der Waals surface area contributed by atoms with Gasteiger partial charge in [0.15, 0.2) is 0 Å². The Balaban J connectivity index is 0.00000169. The Bertz CT molecular complexity index is 290. The third kappa shape index (κ3) is 4.04. The van der Waals surface area contributed by atoms with E-state index in [4.69, 9.17) is 0 Å². The molecule has 0 N–H and O–H groups in total. The van der Waals surface area contributed by atoms with Crippen LogP contribution < -0.4 is 56.8 Å². The first-order valence-corrected chi connectivity index (χ1v) is 3.82. The number of ether oxygens (including phenoxy) is 1. The standard InChI is InChI=1S/C8H9BF3O.K/c1-13-6-7-4-2-3-5-8(7)9(10,11)12;/h2-5H,6H2,1H3;/q-1;+1. The van der Waals surface area contributed by atoms with Gasteiger partial charge in [0.2, 0.25) is 0 Å². The van der Waals surface area contributed by atoms with E-state index in [9.17, 15) is 12.9 Å². The fourth-order valence-electron chi connectivity index (χ4n) is 1.14. The van der Waals surface area contributed by atoms with Crippen LogP contribution in [-0.2, 0) is 11.3 Å². The maximum absolute atomic E-state index is 12.4. The van der Waals surface area contributed by atoms with E-state index in [1.165, 1.54) is 19.2 Å². The molecule has 0 heterocycles. The van der Waals surface area contributed by atoms with E-state index in [1.807, 2.05) is 0 Å². The Morgan fingerprint density at radius 1 is 1.21 bits per heavy atom. The summed E-state index contributed by atoms with van der Waals surface area (Å²) < 4.78 is 41.8. The second-order valence-corrected chi connectivity index (χ2v) is 2.71. The molecule has 0 aliphatic carbocycles. The van der Waals surface area contributed by atoms with E-state index >= 15 is 0 Å². The van der Waals surface area contributed by atoms with Crippen LogP contribution in [-0.4, -0.2) is 14.1 Å². The van der Waals surface area contributed by atoms with Gasteiger partial charge in [-0.25, -0.2) is 0 Å². The zero-order valence-electron chi connectivity index (χ0n) is 8.14. The van der Waals surface area contributed by atoms with Gasteiger partial charge >= 0.3 is 58.4 Å². The molecule has 0 aromatic heterocycles. The molecular formula is C8H9BF3KO. The van der Waals surface area contributed by atoms with Crippen molar-refractivity contribution in [2.24, 2.45) is 0 Å². The van der Waals surface area contributed by atoms with Gasteiger partial charge in [0, 0.05) is 7.11 Å². The van der Waals surface area contributed by atoms with Crippen molar-refractivity contribution in [3.05, 3.63) is 29.8 Å². The summed E-state index contributed by atoms with van der Waals surface area (Å²) in [4.78, 5) is 0. The van der Waals surface area contributed by atoms with Crippen LogP contribution in [0, 0.1) is 0 Å². The molecule has 1 nitrogen and oxygen atoms in total. The molecule has 0 saturated heterocycles. The Morgan fingerprint density at radius 3 is 2.29 bits per heavy atom. The number of benzene rings is 1. The number of halogens is 3. The van der Waals surface area contributed by atoms with Crippen LogP contribution in [0.5, 0.6) is 0 Å². The summed E-state index contributed by atoms with van der Waals surface area (Å²) in [6, 6.07) is 5.45. The summed E-state index contributed by atoms with van der Waals surface area (Å²) in [5.74, 6) is 0. The molecule has 14 heavy (non-hydrogen) atoms. The smallest absolute Gasteiger partial charge is 0.445 e. The van der Waals surface area contributed by atoms with Crippen LogP contribution in [0.2, 0.25) is 0 Å². The summed E-state index contributed by atoms with van der Waals surface area (Å²) in [6.07, 6.45) is 0. The largest absolute Gasteiger partial charge is 1.00 e. The average molecular weight is 228 g/mol. The number of methoxy groups -OCH3 is 1. The summed E-state index contributed by atoms with van der Waals surface area (Å²) in [6.45, 7) is -4.93. The maximum atomic E-state index is 12.4. The number of hydrogen-bond acceptors (Lipinski definition) is 1. The first kappa shape index (κ1) is 14.7. The Morgan fingerprint density at radius 2 is 1.79 bits per heavy atom. The quantitative estimate of drug-likeness (QED) is 0.596. The predicted octanol–water partition coefficient (Wildman–Crippen LogP) is -1.11. The molecule has 0 saturated carbocycles. The summed E-state index contributed by atoms with van der Waals surface area (Å²) in [7, 11) is 1.38. The average Bonchev–Trinajstić information content (AvgIpc) is 2.04. The second kappa shape index (κ2) is 6.30. The topological polar surface area (TPSA) is 9.23 Å². The third-order valence-electron chi connectivity index (χ3n) is 1.71. The van der Waals surface area contributed by atoms with Crippen LogP contribution in [0.3, 0.4) is 0 Å². The molecule has 1 aromatic carbocycles. The molecule has 0 bridgehead atoms. The van der Waals surface area contributed by atoms with Crippen LogP contribution in [0.4, 0.5) is 12.9 Å². The minimum atomic E-state index is -4.93. The zero-order chi connectivity index (χ0) is 9.90. The van der Waals surface area contributed by atoms with Crippen molar-refractivity contribution in [2.45, 2.75) is 6.61 Å². The monoisotopic (exact) mass is 228 g/mol. The van der Waals surface area contributed by atoms with Gasteiger partial charge in [-0.15, -0.1) is 5.46 Å². The molecule has 0 aliphatic heterocycles. The minimum absolute atomic E-state index is 0. The summed E-state index contributed by atoms with van der Waals surface area (Å²) >= 11 is 0. The summed E-state index contributed by atoms with van der Waals surface area (Å²) in [5.41, 5.74) is -0.373. The molecule has 1 rings (SSSR count). The molecule has 0 radical (unpaired) electrons. The van der Waals surface area contributed by atoms with Gasteiger partial charge in [-0.2, -0.15) is 0 Å². The van der Waals surface area contributed by atoms with Crippen molar-refractivity contribution >= 4 is 12.4 Å². The van der Waals surface area contributed by atoms with Crippen molar-refractivity contribution < 1.29 is 69.1 Å². The molecule has 0 unspecified atom stereocenters. The SMILES string of the molecule is COCc1ccccc1[B-](F)(F)F.[K+]. The minimum Gasteiger partial charge on any atom is -0.445 e. The molecule has 0 amide bonds. The molecule has 6 heteroatoms. The van der Waals surface area contributed by atoms with E-state index in [0.717, 1.165) is 6.07 Å². The van der Waals surface area contributed by atoms with Gasteiger partial charge in [0.1, 0.15) is 0 Å². The van der Waals surface area contributed by atoms with Gasteiger partial charge < -0.3 is 17.7 Å². The Labute approximate surface area is 123 Å². The van der Waals surface area contributed by atoms with Crippen molar-refractivity contribution in [2.75, 3.05) is 7.11 Å². The van der Waals surface area contributed by atoms with Crippen molar-refractivity contribution in [1.82, 2.24) is 0 Å². The van der Waals surface area contributed by atoms with Crippen LogP contribution >= 0.6 is 0 Å². The molecule has 0 atom stereocenters. The van der Waals surface area contributed by atoms with Crippen LogP contribution in [0.15, 0.2) is 24.3 Å². The fourth-order valence-corrected chi connectivity index (χ4v) is 1.14.